The van der Waals surface area contributed by atoms with Gasteiger partial charge in [0.1, 0.15) is 6.33 Å². The molecule has 2 aromatic heterocycles. The number of aromatic nitrogens is 2. The molecular formula is C25H28Cl2N6O3. The Morgan fingerprint density at radius 1 is 1.31 bits per heavy atom. The van der Waals surface area contributed by atoms with Gasteiger partial charge >= 0.3 is 0 Å². The van der Waals surface area contributed by atoms with Crippen LogP contribution in [0.3, 0.4) is 0 Å². The first-order chi connectivity index (χ1) is 16.8. The lowest BCUT2D eigenvalue weighted by atomic mass is 9.85. The summed E-state index contributed by atoms with van der Waals surface area (Å²) < 4.78 is 7.37. The van der Waals surface area contributed by atoms with Crippen molar-refractivity contribution >= 4 is 53.0 Å². The van der Waals surface area contributed by atoms with Crippen LogP contribution >= 0.6 is 24.0 Å². The predicted molar refractivity (Wildman–Crippen MR) is 140 cm³/mol. The number of nitrogens with one attached hydrogen (secondary N) is 3. The highest BCUT2D eigenvalue weighted by atomic mass is 35.5. The molecule has 36 heavy (non-hydrogen) atoms. The van der Waals surface area contributed by atoms with E-state index in [2.05, 4.69) is 15.6 Å². The van der Waals surface area contributed by atoms with Crippen LogP contribution in [0.15, 0.2) is 48.9 Å². The Balaban J connectivity index is 0.00000304. The number of ether oxygens (including phenoxy) is 1. The van der Waals surface area contributed by atoms with Gasteiger partial charge in [0, 0.05) is 18.8 Å². The van der Waals surface area contributed by atoms with E-state index in [0.717, 1.165) is 0 Å². The van der Waals surface area contributed by atoms with Crippen molar-refractivity contribution in [3.05, 3.63) is 65.2 Å². The molecular weight excluding hydrogens is 503 g/mol. The van der Waals surface area contributed by atoms with Gasteiger partial charge < -0.3 is 19.8 Å². The number of carbonyl (C=O) groups excluding carboxylic acids is 2. The number of pyridine rings is 1. The molecule has 2 aliphatic rings. The Morgan fingerprint density at radius 3 is 2.86 bits per heavy atom. The van der Waals surface area contributed by atoms with Crippen molar-refractivity contribution in [3.63, 3.8) is 0 Å². The quantitative estimate of drug-likeness (QED) is 0.467. The number of amides is 2. The lowest BCUT2D eigenvalue weighted by Gasteiger charge is -2.45. The van der Waals surface area contributed by atoms with Gasteiger partial charge in [0.05, 0.1) is 34.3 Å². The number of fused-ring (bicyclic) bond motifs is 1. The number of nitrogens with zero attached hydrogens (tertiary/aromatic N) is 3. The molecule has 2 saturated heterocycles. The third-order valence-corrected chi connectivity index (χ3v) is 7.14. The summed E-state index contributed by atoms with van der Waals surface area (Å²) in [6.45, 7) is 4.40. The summed E-state index contributed by atoms with van der Waals surface area (Å²) in [5.41, 5.74) is 1.10. The molecule has 3 atom stereocenters. The Bertz CT molecular complexity index is 1310. The minimum absolute atomic E-state index is 0. The summed E-state index contributed by atoms with van der Waals surface area (Å²) in [6.07, 6.45) is 4.96. The van der Waals surface area contributed by atoms with E-state index in [1.54, 1.807) is 27.8 Å². The van der Waals surface area contributed by atoms with Gasteiger partial charge in [-0.25, -0.2) is 4.98 Å². The third kappa shape index (κ3) is 4.66. The second kappa shape index (κ2) is 10.1. The molecule has 0 unspecified atom stereocenters. The van der Waals surface area contributed by atoms with Crippen molar-refractivity contribution < 1.29 is 14.3 Å². The van der Waals surface area contributed by atoms with Crippen molar-refractivity contribution in [1.29, 1.82) is 5.41 Å². The maximum Gasteiger partial charge on any atom is 0.276 e. The Morgan fingerprint density at radius 2 is 2.11 bits per heavy atom. The number of benzene rings is 1. The molecule has 0 aliphatic carbocycles. The molecule has 2 fully saturated rings. The lowest BCUT2D eigenvalue weighted by molar-refractivity contribution is -0.134. The van der Waals surface area contributed by atoms with E-state index >= 15 is 0 Å². The van der Waals surface area contributed by atoms with Gasteiger partial charge in [-0.2, -0.15) is 0 Å². The Kier molecular flexibility index (Phi) is 7.26. The smallest absolute Gasteiger partial charge is 0.276 e. The van der Waals surface area contributed by atoms with E-state index in [0.29, 0.717) is 41.2 Å². The third-order valence-electron chi connectivity index (χ3n) is 6.73. The molecule has 190 valence electrons. The van der Waals surface area contributed by atoms with Gasteiger partial charge in [0.15, 0.2) is 11.7 Å². The van der Waals surface area contributed by atoms with Crippen LogP contribution in [-0.4, -0.2) is 50.8 Å². The van der Waals surface area contributed by atoms with Crippen LogP contribution in [0.5, 0.6) is 0 Å². The number of rotatable bonds is 4. The zero-order valence-electron chi connectivity index (χ0n) is 20.0. The van der Waals surface area contributed by atoms with Crippen LogP contribution in [0.4, 0.5) is 5.69 Å². The summed E-state index contributed by atoms with van der Waals surface area (Å²) in [6, 6.07) is 10.7. The molecule has 2 amide bonds. The normalized spacial score (nSPS) is 24.2. The van der Waals surface area contributed by atoms with Crippen LogP contribution in [0, 0.1) is 5.41 Å². The van der Waals surface area contributed by atoms with Crippen LogP contribution in [-0.2, 0) is 15.1 Å². The monoisotopic (exact) mass is 530 g/mol. The zero-order valence-corrected chi connectivity index (χ0v) is 21.5. The summed E-state index contributed by atoms with van der Waals surface area (Å²) in [5, 5.41) is 15.0. The molecule has 0 saturated carbocycles. The number of imidazole rings is 1. The van der Waals surface area contributed by atoms with E-state index in [-0.39, 0.29) is 54.4 Å². The summed E-state index contributed by atoms with van der Waals surface area (Å²) in [7, 11) is 0. The highest BCUT2D eigenvalue weighted by molar-refractivity contribution is 6.35. The maximum atomic E-state index is 13.2. The molecule has 0 spiro atoms. The maximum absolute atomic E-state index is 13.2. The van der Waals surface area contributed by atoms with Gasteiger partial charge in [0.25, 0.3) is 5.91 Å². The van der Waals surface area contributed by atoms with Gasteiger partial charge in [-0.15, -0.1) is 12.4 Å². The topological polar surface area (TPSA) is 112 Å². The van der Waals surface area contributed by atoms with Gasteiger partial charge in [-0.1, -0.05) is 29.8 Å². The fraction of sp³-hybridized carbons (Fsp3) is 0.360. The first-order valence-corrected chi connectivity index (χ1v) is 12.0. The molecule has 1 aromatic carbocycles. The number of carbonyl (C=O) groups is 2. The standard InChI is InChI=1S/C25H27ClN6O3.ClH/c1-15-12-16(9-11-35-15)32-20(33)13-25(2,30-24(32)27)17-6-5-7-18(21(17)26)29-23(34)22-19-8-3-4-10-31(19)14-28-22;/h3-8,10,14-16H,9,11-13H2,1-2H3,(H2,27,30)(H,29,34);1H/t15-,16-,25+;/m1./s1. The van der Waals surface area contributed by atoms with E-state index in [1.165, 1.54) is 0 Å². The summed E-state index contributed by atoms with van der Waals surface area (Å²) in [4.78, 5) is 32.0. The van der Waals surface area contributed by atoms with Crippen molar-refractivity contribution in [3.8, 4) is 0 Å². The summed E-state index contributed by atoms with van der Waals surface area (Å²) >= 11 is 6.76. The van der Waals surface area contributed by atoms with Gasteiger partial charge in [0.2, 0.25) is 5.91 Å². The summed E-state index contributed by atoms with van der Waals surface area (Å²) in [5.74, 6) is -0.466. The van der Waals surface area contributed by atoms with Crippen molar-refractivity contribution in [2.24, 2.45) is 0 Å². The molecule has 0 bridgehead atoms. The Labute approximate surface area is 220 Å². The van der Waals surface area contributed by atoms with E-state index in [1.807, 2.05) is 44.3 Å². The molecule has 4 heterocycles. The highest BCUT2D eigenvalue weighted by Crippen LogP contribution is 2.38. The minimum Gasteiger partial charge on any atom is -0.378 e. The molecule has 3 aromatic rings. The second-order valence-electron chi connectivity index (χ2n) is 9.31. The van der Waals surface area contributed by atoms with Crippen molar-refractivity contribution in [1.82, 2.24) is 19.6 Å². The van der Waals surface area contributed by atoms with Gasteiger partial charge in [-0.3, -0.25) is 19.9 Å². The van der Waals surface area contributed by atoms with Crippen molar-refractivity contribution in [2.75, 3.05) is 11.9 Å². The van der Waals surface area contributed by atoms with Crippen LogP contribution in [0.2, 0.25) is 5.02 Å². The minimum atomic E-state index is -0.902. The van der Waals surface area contributed by atoms with Crippen LogP contribution in [0.25, 0.3) is 5.52 Å². The lowest BCUT2D eigenvalue weighted by Crippen LogP contribution is -2.63. The molecule has 9 nitrogen and oxygen atoms in total. The average molecular weight is 531 g/mol. The number of halogens is 2. The average Bonchev–Trinajstić information content (AvgIpc) is 3.24. The van der Waals surface area contributed by atoms with Crippen LogP contribution in [0.1, 0.15) is 49.2 Å². The van der Waals surface area contributed by atoms with E-state index in [9.17, 15) is 9.59 Å². The first-order valence-electron chi connectivity index (χ1n) is 11.6. The SMILES string of the molecule is C[C@@H]1C[C@H](N2C(=N)N[C@](C)(c3cccc(NC(=O)c4ncn5ccccc45)c3Cl)CC2=O)CCO1.Cl. The van der Waals surface area contributed by atoms with Gasteiger partial charge in [-0.05, 0) is 50.5 Å². The fourth-order valence-corrected chi connectivity index (χ4v) is 5.37. The highest BCUT2D eigenvalue weighted by Gasteiger charge is 2.43. The number of guanidine groups is 1. The first kappa shape index (κ1) is 25.9. The molecule has 5 rings (SSSR count). The second-order valence-corrected chi connectivity index (χ2v) is 9.69. The molecule has 0 radical (unpaired) electrons. The molecule has 11 heteroatoms. The number of hydrogen-bond donors (Lipinski definition) is 3. The molecule has 3 N–H and O–H groups in total. The predicted octanol–water partition coefficient (Wildman–Crippen LogP) is 4.20. The fourth-order valence-electron chi connectivity index (χ4n) is 4.99. The van der Waals surface area contributed by atoms with Crippen LogP contribution < -0.4 is 10.6 Å². The van der Waals surface area contributed by atoms with Crippen molar-refractivity contribution in [2.45, 2.75) is 50.8 Å². The number of anilines is 1. The zero-order chi connectivity index (χ0) is 24.7. The van der Waals surface area contributed by atoms with E-state index in [4.69, 9.17) is 21.7 Å². The number of hydrogen-bond acceptors (Lipinski definition) is 5. The van der Waals surface area contributed by atoms with E-state index < -0.39 is 5.54 Å². The largest absolute Gasteiger partial charge is 0.378 e. The molecule has 2 aliphatic heterocycles. The Hall–Kier alpha value is -3.14.